The molecule has 4 aliphatic carbocycles. The van der Waals surface area contributed by atoms with Crippen LogP contribution in [0.1, 0.15) is 66.3 Å². The Hall–Kier alpha value is -2.34. The van der Waals surface area contributed by atoms with Crippen molar-refractivity contribution < 1.29 is 18.8 Å². The molecule has 4 saturated carbocycles. The molecule has 0 saturated heterocycles. The zero-order valence-corrected chi connectivity index (χ0v) is 17.1. The van der Waals surface area contributed by atoms with E-state index in [0.717, 1.165) is 43.4 Å². The Labute approximate surface area is 173 Å². The molecular formula is C22H23ClN2O4. The van der Waals surface area contributed by atoms with Crippen molar-refractivity contribution in [1.82, 2.24) is 10.5 Å². The molecule has 6 nitrogen and oxygen atoms in total. The summed E-state index contributed by atoms with van der Waals surface area (Å²) in [6, 6.07) is 7.13. The molecule has 2 bridgehead atoms. The molecule has 2 aromatic rings. The van der Waals surface area contributed by atoms with Gasteiger partial charge in [0.2, 0.25) is 0 Å². The van der Waals surface area contributed by atoms with Crippen molar-refractivity contribution in [3.8, 4) is 5.75 Å². The van der Waals surface area contributed by atoms with Crippen molar-refractivity contribution in [1.29, 1.82) is 0 Å². The molecular weight excluding hydrogens is 392 g/mol. The van der Waals surface area contributed by atoms with E-state index in [0.29, 0.717) is 28.8 Å². The zero-order valence-electron chi connectivity index (χ0n) is 16.3. The van der Waals surface area contributed by atoms with Gasteiger partial charge in [0.1, 0.15) is 18.1 Å². The third kappa shape index (κ3) is 3.54. The number of halogens is 1. The maximum Gasteiger partial charge on any atom is 0.273 e. The van der Waals surface area contributed by atoms with Gasteiger partial charge in [-0.15, -0.1) is 0 Å². The van der Waals surface area contributed by atoms with Gasteiger partial charge >= 0.3 is 0 Å². The van der Waals surface area contributed by atoms with Gasteiger partial charge < -0.3 is 14.6 Å². The summed E-state index contributed by atoms with van der Waals surface area (Å²) in [4.78, 5) is 24.8. The van der Waals surface area contributed by atoms with Crippen LogP contribution in [-0.4, -0.2) is 29.0 Å². The number of benzene rings is 1. The smallest absolute Gasteiger partial charge is 0.273 e. The topological polar surface area (TPSA) is 81.4 Å². The number of aryl methyl sites for hydroxylation is 1. The number of carbonyl (C=O) groups excluding carboxylic acids is 2. The molecule has 1 aromatic heterocycles. The zero-order chi connectivity index (χ0) is 20.2. The fourth-order valence-corrected chi connectivity index (χ4v) is 5.04. The number of amides is 1. The third-order valence-electron chi connectivity index (χ3n) is 6.36. The van der Waals surface area contributed by atoms with Crippen molar-refractivity contribution >= 4 is 23.3 Å². The van der Waals surface area contributed by atoms with Gasteiger partial charge in [0.15, 0.2) is 11.5 Å². The monoisotopic (exact) mass is 414 g/mol. The van der Waals surface area contributed by atoms with Gasteiger partial charge in [0, 0.05) is 29.0 Å². The summed E-state index contributed by atoms with van der Waals surface area (Å²) >= 11 is 6.01. The van der Waals surface area contributed by atoms with Gasteiger partial charge in [-0.3, -0.25) is 9.59 Å². The van der Waals surface area contributed by atoms with Crippen molar-refractivity contribution in [3.63, 3.8) is 0 Å². The van der Waals surface area contributed by atoms with E-state index < -0.39 is 0 Å². The van der Waals surface area contributed by atoms with Crippen LogP contribution in [0.15, 0.2) is 28.8 Å². The Morgan fingerprint density at radius 3 is 2.72 bits per heavy atom. The number of nitrogens with one attached hydrogen (secondary N) is 1. The van der Waals surface area contributed by atoms with Crippen LogP contribution in [0.4, 0.5) is 0 Å². The number of hydrogen-bond donors (Lipinski definition) is 1. The van der Waals surface area contributed by atoms with E-state index in [9.17, 15) is 9.59 Å². The Balaban J connectivity index is 1.08. The van der Waals surface area contributed by atoms with Gasteiger partial charge in [0.05, 0.1) is 0 Å². The van der Waals surface area contributed by atoms with Gasteiger partial charge in [-0.1, -0.05) is 16.8 Å². The van der Waals surface area contributed by atoms with E-state index in [-0.39, 0.29) is 29.3 Å². The molecule has 29 heavy (non-hydrogen) atoms. The Morgan fingerprint density at radius 1 is 1.28 bits per heavy atom. The van der Waals surface area contributed by atoms with Gasteiger partial charge in [-0.2, -0.15) is 0 Å². The predicted molar refractivity (Wildman–Crippen MR) is 106 cm³/mol. The number of nitrogens with zero attached hydrogens (tertiary/aromatic N) is 1. The summed E-state index contributed by atoms with van der Waals surface area (Å²) in [5.41, 5.74) is 1.12. The Kier molecular flexibility index (Phi) is 4.24. The first-order chi connectivity index (χ1) is 13.9. The van der Waals surface area contributed by atoms with Crippen molar-refractivity contribution in [2.45, 2.75) is 56.9 Å². The summed E-state index contributed by atoms with van der Waals surface area (Å²) < 4.78 is 10.9. The van der Waals surface area contributed by atoms with E-state index in [4.69, 9.17) is 20.9 Å². The minimum absolute atomic E-state index is 0.0205. The lowest BCUT2D eigenvalue weighted by Gasteiger charge is -2.70. The highest BCUT2D eigenvalue weighted by molar-refractivity contribution is 6.31. The number of Topliss-reactive ketones (excluding diaryl/α,β-unsaturated/α-hetero) is 1. The number of aromatic nitrogens is 1. The lowest BCUT2D eigenvalue weighted by Crippen LogP contribution is -2.75. The molecule has 4 aliphatic rings. The fourth-order valence-electron chi connectivity index (χ4n) is 4.92. The largest absolute Gasteiger partial charge is 0.486 e. The average molecular weight is 415 g/mol. The highest BCUT2D eigenvalue weighted by atomic mass is 35.5. The van der Waals surface area contributed by atoms with Crippen molar-refractivity contribution in [2.24, 2.45) is 5.41 Å². The molecule has 152 valence electrons. The number of hydrogen-bond acceptors (Lipinski definition) is 5. The minimum atomic E-state index is -0.179. The van der Waals surface area contributed by atoms with E-state index in [1.165, 1.54) is 0 Å². The summed E-state index contributed by atoms with van der Waals surface area (Å²) in [5, 5.41) is 7.68. The van der Waals surface area contributed by atoms with E-state index in [2.05, 4.69) is 10.5 Å². The number of ketones is 1. The molecule has 0 spiro atoms. The number of carbonyl (C=O) groups is 2. The first-order valence-corrected chi connectivity index (χ1v) is 10.4. The molecule has 0 aliphatic heterocycles. The maximum atomic E-state index is 12.4. The molecule has 1 N–H and O–H groups in total. The molecule has 6 rings (SSSR count). The molecule has 4 fully saturated rings. The lowest BCUT2D eigenvalue weighted by atomic mass is 9.38. The quantitative estimate of drug-likeness (QED) is 0.699. The van der Waals surface area contributed by atoms with Gasteiger partial charge in [-0.05, 0) is 68.2 Å². The van der Waals surface area contributed by atoms with Crippen LogP contribution in [0.5, 0.6) is 5.75 Å². The lowest BCUT2D eigenvalue weighted by molar-refractivity contribution is -0.162. The van der Waals surface area contributed by atoms with E-state index >= 15 is 0 Å². The second-order valence-corrected chi connectivity index (χ2v) is 9.48. The van der Waals surface area contributed by atoms with Crippen molar-refractivity contribution in [2.75, 3.05) is 6.61 Å². The van der Waals surface area contributed by atoms with Crippen LogP contribution in [0.3, 0.4) is 0 Å². The first-order valence-electron chi connectivity index (χ1n) is 10.1. The first kappa shape index (κ1) is 18.7. The summed E-state index contributed by atoms with van der Waals surface area (Å²) in [7, 11) is 0. The minimum Gasteiger partial charge on any atom is -0.486 e. The van der Waals surface area contributed by atoms with Crippen molar-refractivity contribution in [3.05, 3.63) is 46.3 Å². The molecule has 1 amide bonds. The molecule has 0 unspecified atom stereocenters. The average Bonchev–Trinajstić information content (AvgIpc) is 3.36. The van der Waals surface area contributed by atoms with Crippen LogP contribution in [0, 0.1) is 12.3 Å². The van der Waals surface area contributed by atoms with Crippen LogP contribution in [0.25, 0.3) is 0 Å². The molecule has 7 heteroatoms. The SMILES string of the molecule is Cc1cc(OCC(=O)CC23CC(NC(=O)c4cc(C5CC5)on4)(C2)C3)ccc1Cl. The van der Waals surface area contributed by atoms with E-state index in [1.54, 1.807) is 18.2 Å². The van der Waals surface area contributed by atoms with E-state index in [1.807, 2.05) is 13.0 Å². The molecule has 0 radical (unpaired) electrons. The highest BCUT2D eigenvalue weighted by Gasteiger charge is 2.68. The van der Waals surface area contributed by atoms with Gasteiger partial charge in [0.25, 0.3) is 5.91 Å². The third-order valence-corrected chi connectivity index (χ3v) is 6.79. The number of rotatable bonds is 8. The second kappa shape index (κ2) is 6.59. The molecule has 1 heterocycles. The summed E-state index contributed by atoms with van der Waals surface area (Å²) in [6.45, 7) is 1.96. The number of ether oxygens (including phenoxy) is 1. The highest BCUT2D eigenvalue weighted by Crippen LogP contribution is 2.69. The Bertz CT molecular complexity index is 975. The molecule has 1 aromatic carbocycles. The summed E-state index contributed by atoms with van der Waals surface area (Å²) in [6.07, 6.45) is 5.23. The maximum absolute atomic E-state index is 12.4. The van der Waals surface area contributed by atoms with Gasteiger partial charge in [-0.25, -0.2) is 0 Å². The van der Waals surface area contributed by atoms with Crippen LogP contribution in [0.2, 0.25) is 5.02 Å². The predicted octanol–water partition coefficient (Wildman–Crippen LogP) is 4.20. The van der Waals surface area contributed by atoms with Crippen LogP contribution < -0.4 is 10.1 Å². The molecule has 0 atom stereocenters. The van der Waals surface area contributed by atoms with Crippen LogP contribution >= 0.6 is 11.6 Å². The second-order valence-electron chi connectivity index (χ2n) is 9.07. The van der Waals surface area contributed by atoms with Crippen LogP contribution in [-0.2, 0) is 4.79 Å². The summed E-state index contributed by atoms with van der Waals surface area (Å²) in [5.74, 6) is 1.81. The standard InChI is InChI=1S/C22H23ClN2O4/c1-13-6-16(4-5-17(13)23)28-9-15(26)8-21-10-22(11-21,12-21)24-20(27)18-7-19(29-25-18)14-2-3-14/h4-7,14H,2-3,8-12H2,1H3,(H,24,27). The fraction of sp³-hybridized carbons (Fsp3) is 0.500. The Morgan fingerprint density at radius 2 is 2.03 bits per heavy atom. The normalized spacial score (nSPS) is 27.0.